The van der Waals surface area contributed by atoms with E-state index in [4.69, 9.17) is 9.84 Å². The zero-order valence-corrected chi connectivity index (χ0v) is 12.2. The predicted octanol–water partition coefficient (Wildman–Crippen LogP) is 1.45. The molecule has 2 amide bonds. The summed E-state index contributed by atoms with van der Waals surface area (Å²) >= 11 is 0. The van der Waals surface area contributed by atoms with Crippen molar-refractivity contribution in [2.24, 2.45) is 0 Å². The lowest BCUT2D eigenvalue weighted by Crippen LogP contribution is -2.41. The second kappa shape index (κ2) is 9.34. The molecule has 0 fully saturated rings. The van der Waals surface area contributed by atoms with Crippen LogP contribution in [0.25, 0.3) is 0 Å². The van der Waals surface area contributed by atoms with Gasteiger partial charge in [0, 0.05) is 26.3 Å². The summed E-state index contributed by atoms with van der Waals surface area (Å²) in [5, 5.41) is 14.6. The number of carbonyl (C=O) groups is 1. The first-order valence-electron chi connectivity index (χ1n) is 6.87. The van der Waals surface area contributed by atoms with E-state index < -0.39 is 0 Å². The highest BCUT2D eigenvalue weighted by Crippen LogP contribution is 2.04. The van der Waals surface area contributed by atoms with Crippen molar-refractivity contribution in [3.8, 4) is 0 Å². The van der Waals surface area contributed by atoms with Crippen LogP contribution in [0.2, 0.25) is 0 Å². The number of carbonyl (C=O) groups excluding carboxylic acids is 1. The van der Waals surface area contributed by atoms with Crippen molar-refractivity contribution in [1.82, 2.24) is 10.6 Å². The molecule has 0 spiro atoms. The maximum absolute atomic E-state index is 11.6. The maximum Gasteiger partial charge on any atom is 0.315 e. The molecular weight excluding hydrogens is 256 g/mol. The first kappa shape index (κ1) is 16.5. The monoisotopic (exact) mass is 280 g/mol. The van der Waals surface area contributed by atoms with Crippen molar-refractivity contribution in [2.45, 2.75) is 32.4 Å². The summed E-state index contributed by atoms with van der Waals surface area (Å²) in [6.07, 6.45) is 1.57. The topological polar surface area (TPSA) is 70.6 Å². The molecule has 5 nitrogen and oxygen atoms in total. The van der Waals surface area contributed by atoms with E-state index in [-0.39, 0.29) is 18.7 Å². The average molecular weight is 280 g/mol. The van der Waals surface area contributed by atoms with Gasteiger partial charge in [0.2, 0.25) is 0 Å². The van der Waals surface area contributed by atoms with E-state index in [0.29, 0.717) is 13.2 Å². The Bertz CT molecular complexity index is 393. The second-order valence-electron chi connectivity index (χ2n) is 4.81. The Labute approximate surface area is 120 Å². The van der Waals surface area contributed by atoms with E-state index in [0.717, 1.165) is 24.0 Å². The average Bonchev–Trinajstić information content (AvgIpc) is 2.45. The highest BCUT2D eigenvalue weighted by Gasteiger charge is 2.06. The quantitative estimate of drug-likeness (QED) is 0.675. The van der Waals surface area contributed by atoms with Crippen LogP contribution in [0.3, 0.4) is 0 Å². The number of aliphatic hydroxyl groups is 1. The molecule has 1 aromatic carbocycles. The summed E-state index contributed by atoms with van der Waals surface area (Å²) < 4.78 is 4.96. The SMILES string of the molecule is COCCC(C)NC(=O)NCCc1ccc(CO)cc1. The number of rotatable bonds is 8. The number of hydrogen-bond acceptors (Lipinski definition) is 3. The minimum Gasteiger partial charge on any atom is -0.392 e. The second-order valence-corrected chi connectivity index (χ2v) is 4.81. The minimum atomic E-state index is -0.152. The van der Waals surface area contributed by atoms with Crippen molar-refractivity contribution >= 4 is 6.03 Å². The van der Waals surface area contributed by atoms with Crippen LogP contribution in [0.1, 0.15) is 24.5 Å². The van der Waals surface area contributed by atoms with Crippen LogP contribution >= 0.6 is 0 Å². The van der Waals surface area contributed by atoms with Crippen molar-refractivity contribution in [2.75, 3.05) is 20.3 Å². The van der Waals surface area contributed by atoms with Gasteiger partial charge in [-0.15, -0.1) is 0 Å². The van der Waals surface area contributed by atoms with E-state index in [2.05, 4.69) is 10.6 Å². The van der Waals surface area contributed by atoms with E-state index in [9.17, 15) is 4.79 Å². The molecule has 20 heavy (non-hydrogen) atoms. The molecule has 0 aliphatic heterocycles. The number of aliphatic hydroxyl groups excluding tert-OH is 1. The molecule has 0 bridgehead atoms. The predicted molar refractivity (Wildman–Crippen MR) is 78.6 cm³/mol. The van der Waals surface area contributed by atoms with E-state index in [1.807, 2.05) is 31.2 Å². The zero-order valence-electron chi connectivity index (χ0n) is 12.2. The van der Waals surface area contributed by atoms with Crippen LogP contribution in [0, 0.1) is 0 Å². The Balaban J connectivity index is 2.20. The molecule has 3 N–H and O–H groups in total. The fourth-order valence-corrected chi connectivity index (χ4v) is 1.77. The Hall–Kier alpha value is -1.59. The lowest BCUT2D eigenvalue weighted by atomic mass is 10.1. The lowest BCUT2D eigenvalue weighted by Gasteiger charge is -2.14. The highest BCUT2D eigenvalue weighted by atomic mass is 16.5. The minimum absolute atomic E-state index is 0.0559. The highest BCUT2D eigenvalue weighted by molar-refractivity contribution is 5.74. The van der Waals surface area contributed by atoms with Gasteiger partial charge in [-0.1, -0.05) is 24.3 Å². The van der Waals surface area contributed by atoms with Crippen molar-refractivity contribution in [3.05, 3.63) is 35.4 Å². The molecule has 0 radical (unpaired) electrons. The molecule has 0 saturated carbocycles. The normalized spacial score (nSPS) is 11.9. The van der Waals surface area contributed by atoms with Crippen molar-refractivity contribution in [3.63, 3.8) is 0 Å². The Morgan fingerprint density at radius 1 is 1.30 bits per heavy atom. The van der Waals surface area contributed by atoms with Crippen molar-refractivity contribution in [1.29, 1.82) is 0 Å². The summed E-state index contributed by atoms with van der Waals surface area (Å²) in [5.41, 5.74) is 2.03. The number of amides is 2. The van der Waals surface area contributed by atoms with Crippen LogP contribution in [0.15, 0.2) is 24.3 Å². The smallest absolute Gasteiger partial charge is 0.315 e. The zero-order chi connectivity index (χ0) is 14.8. The Morgan fingerprint density at radius 2 is 1.95 bits per heavy atom. The van der Waals surface area contributed by atoms with Gasteiger partial charge in [-0.3, -0.25) is 0 Å². The molecular formula is C15H24N2O3. The van der Waals surface area contributed by atoms with Gasteiger partial charge in [0.1, 0.15) is 0 Å². The number of urea groups is 1. The van der Waals surface area contributed by atoms with Gasteiger partial charge in [0.05, 0.1) is 6.61 Å². The van der Waals surface area contributed by atoms with Gasteiger partial charge in [0.15, 0.2) is 0 Å². The van der Waals surface area contributed by atoms with E-state index >= 15 is 0 Å². The molecule has 1 unspecified atom stereocenters. The molecule has 1 atom stereocenters. The van der Waals surface area contributed by atoms with Gasteiger partial charge in [-0.25, -0.2) is 4.79 Å². The molecule has 0 aromatic heterocycles. The fraction of sp³-hybridized carbons (Fsp3) is 0.533. The largest absolute Gasteiger partial charge is 0.392 e. The van der Waals surface area contributed by atoms with Gasteiger partial charge < -0.3 is 20.5 Å². The van der Waals surface area contributed by atoms with Gasteiger partial charge in [-0.05, 0) is 30.9 Å². The fourth-order valence-electron chi connectivity index (χ4n) is 1.77. The summed E-state index contributed by atoms with van der Waals surface area (Å²) in [6, 6.07) is 7.66. The molecule has 1 aromatic rings. The Kier molecular flexibility index (Phi) is 7.69. The van der Waals surface area contributed by atoms with Gasteiger partial charge >= 0.3 is 6.03 Å². The summed E-state index contributed by atoms with van der Waals surface area (Å²) in [4.78, 5) is 11.6. The number of hydrogen-bond donors (Lipinski definition) is 3. The van der Waals surface area contributed by atoms with Crippen LogP contribution < -0.4 is 10.6 Å². The first-order chi connectivity index (χ1) is 9.65. The maximum atomic E-state index is 11.6. The number of nitrogens with one attached hydrogen (secondary N) is 2. The summed E-state index contributed by atoms with van der Waals surface area (Å²) in [6.45, 7) is 3.23. The van der Waals surface area contributed by atoms with Crippen LogP contribution in [0.5, 0.6) is 0 Å². The summed E-state index contributed by atoms with van der Waals surface area (Å²) in [7, 11) is 1.65. The third-order valence-corrected chi connectivity index (χ3v) is 3.04. The standard InChI is InChI=1S/C15H24N2O3/c1-12(8-10-20-2)17-15(19)16-9-7-13-3-5-14(11-18)6-4-13/h3-6,12,18H,7-11H2,1-2H3,(H2,16,17,19). The van der Waals surface area contributed by atoms with Crippen LogP contribution in [-0.4, -0.2) is 37.4 Å². The van der Waals surface area contributed by atoms with Gasteiger partial charge in [-0.2, -0.15) is 0 Å². The van der Waals surface area contributed by atoms with Crippen molar-refractivity contribution < 1.29 is 14.6 Å². The third kappa shape index (κ3) is 6.54. The number of benzene rings is 1. The molecule has 0 aliphatic carbocycles. The van der Waals surface area contributed by atoms with Gasteiger partial charge in [0.25, 0.3) is 0 Å². The molecule has 112 valence electrons. The number of methoxy groups -OCH3 is 1. The number of ether oxygens (including phenoxy) is 1. The van der Waals surface area contributed by atoms with E-state index in [1.54, 1.807) is 7.11 Å². The first-order valence-corrected chi connectivity index (χ1v) is 6.87. The molecule has 0 heterocycles. The molecule has 1 rings (SSSR count). The lowest BCUT2D eigenvalue weighted by molar-refractivity contribution is 0.184. The molecule has 5 heteroatoms. The Morgan fingerprint density at radius 3 is 2.55 bits per heavy atom. The van der Waals surface area contributed by atoms with E-state index in [1.165, 1.54) is 0 Å². The van der Waals surface area contributed by atoms with Crippen LogP contribution in [-0.2, 0) is 17.8 Å². The summed E-state index contributed by atoms with van der Waals surface area (Å²) in [5.74, 6) is 0. The molecule has 0 aliphatic rings. The molecule has 0 saturated heterocycles. The third-order valence-electron chi connectivity index (χ3n) is 3.04. The van der Waals surface area contributed by atoms with Crippen LogP contribution in [0.4, 0.5) is 4.79 Å².